The first-order valence-electron chi connectivity index (χ1n) is 10.9. The van der Waals surface area contributed by atoms with E-state index in [4.69, 9.17) is 0 Å². The molecule has 4 heteroatoms. The quantitative estimate of drug-likeness (QED) is 0.224. The minimum absolute atomic E-state index is 0.119. The van der Waals surface area contributed by atoms with Crippen molar-refractivity contribution >= 4 is 0 Å². The largest absolute Gasteiger partial charge is 0.508 e. The normalized spacial score (nSPS) is 11.6. The predicted octanol–water partition coefficient (Wildman–Crippen LogP) is 6.53. The van der Waals surface area contributed by atoms with Crippen LogP contribution < -0.4 is 0 Å². The van der Waals surface area contributed by atoms with Crippen molar-refractivity contribution in [2.75, 3.05) is 0 Å². The summed E-state index contributed by atoms with van der Waals surface area (Å²) < 4.78 is 0. The number of unbranched alkanes of at least 4 members (excludes halogenated alkanes) is 5. The number of allylic oxidation sites excluding steroid dienone is 4. The lowest BCUT2D eigenvalue weighted by molar-refractivity contribution is 0.448. The molecule has 0 amide bonds. The SMILES string of the molecule is Oc1cc(O)cc(CCCC/C=C\C/C=C\CCCCCc2cc(O)cc(O)c2)c1. The Balaban J connectivity index is 1.45. The van der Waals surface area contributed by atoms with Gasteiger partial charge in [-0.2, -0.15) is 0 Å². The molecule has 0 spiro atoms. The molecule has 0 aliphatic carbocycles. The summed E-state index contributed by atoms with van der Waals surface area (Å²) in [5.74, 6) is 0.484. The Labute approximate surface area is 179 Å². The van der Waals surface area contributed by atoms with Crippen LogP contribution in [0.4, 0.5) is 0 Å². The van der Waals surface area contributed by atoms with E-state index in [0.29, 0.717) is 0 Å². The summed E-state index contributed by atoms with van der Waals surface area (Å²) in [6, 6.07) is 9.54. The second-order valence-electron chi connectivity index (χ2n) is 7.74. The van der Waals surface area contributed by atoms with Gasteiger partial charge in [0.05, 0.1) is 0 Å². The van der Waals surface area contributed by atoms with E-state index in [1.54, 1.807) is 24.3 Å². The van der Waals surface area contributed by atoms with Crippen molar-refractivity contribution in [2.24, 2.45) is 0 Å². The molecule has 4 N–H and O–H groups in total. The fourth-order valence-corrected chi connectivity index (χ4v) is 3.47. The van der Waals surface area contributed by atoms with Crippen molar-refractivity contribution in [3.63, 3.8) is 0 Å². The first-order valence-corrected chi connectivity index (χ1v) is 10.9. The smallest absolute Gasteiger partial charge is 0.119 e. The van der Waals surface area contributed by atoms with E-state index < -0.39 is 0 Å². The highest BCUT2D eigenvalue weighted by molar-refractivity contribution is 5.37. The molecule has 0 radical (unpaired) electrons. The molecule has 0 bridgehead atoms. The first-order chi connectivity index (χ1) is 14.5. The van der Waals surface area contributed by atoms with Gasteiger partial charge in [-0.3, -0.25) is 0 Å². The molecule has 2 aromatic rings. The Bertz CT molecular complexity index is 783. The van der Waals surface area contributed by atoms with Crippen LogP contribution in [0.25, 0.3) is 0 Å². The molecule has 0 saturated carbocycles. The fraction of sp³-hybridized carbons (Fsp3) is 0.385. The molecular weight excluding hydrogens is 376 g/mol. The summed E-state index contributed by atoms with van der Waals surface area (Å²) in [6.45, 7) is 0. The van der Waals surface area contributed by atoms with Crippen LogP contribution in [0.5, 0.6) is 23.0 Å². The molecule has 0 aliphatic heterocycles. The molecule has 0 atom stereocenters. The Morgan fingerprint density at radius 3 is 1.33 bits per heavy atom. The van der Waals surface area contributed by atoms with Gasteiger partial charge in [0.15, 0.2) is 0 Å². The lowest BCUT2D eigenvalue weighted by atomic mass is 10.1. The average Bonchev–Trinajstić information content (AvgIpc) is 2.66. The maximum absolute atomic E-state index is 9.47. The second kappa shape index (κ2) is 13.4. The van der Waals surface area contributed by atoms with Crippen LogP contribution in [-0.2, 0) is 12.8 Å². The lowest BCUT2D eigenvalue weighted by Gasteiger charge is -2.03. The van der Waals surface area contributed by atoms with E-state index in [9.17, 15) is 20.4 Å². The summed E-state index contributed by atoms with van der Waals surface area (Å²) in [5.41, 5.74) is 1.95. The van der Waals surface area contributed by atoms with Crippen LogP contribution in [0.3, 0.4) is 0 Å². The van der Waals surface area contributed by atoms with Crippen LogP contribution in [0.2, 0.25) is 0 Å². The zero-order valence-electron chi connectivity index (χ0n) is 17.6. The topological polar surface area (TPSA) is 80.9 Å². The van der Waals surface area contributed by atoms with Crippen molar-refractivity contribution < 1.29 is 20.4 Å². The Hall–Kier alpha value is -2.88. The van der Waals surface area contributed by atoms with E-state index >= 15 is 0 Å². The van der Waals surface area contributed by atoms with Gasteiger partial charge >= 0.3 is 0 Å². The monoisotopic (exact) mass is 410 g/mol. The van der Waals surface area contributed by atoms with Crippen LogP contribution in [0.15, 0.2) is 60.7 Å². The summed E-state index contributed by atoms with van der Waals surface area (Å²) in [4.78, 5) is 0. The van der Waals surface area contributed by atoms with Gasteiger partial charge in [0, 0.05) is 12.1 Å². The summed E-state index contributed by atoms with van der Waals surface area (Å²) in [6.07, 6.45) is 19.1. The number of hydrogen-bond donors (Lipinski definition) is 4. The van der Waals surface area contributed by atoms with E-state index in [1.165, 1.54) is 12.1 Å². The molecule has 162 valence electrons. The number of aromatic hydroxyl groups is 4. The summed E-state index contributed by atoms with van der Waals surface area (Å²) in [7, 11) is 0. The van der Waals surface area contributed by atoms with Crippen molar-refractivity contribution in [3.8, 4) is 23.0 Å². The maximum atomic E-state index is 9.47. The minimum atomic E-state index is 0.119. The third kappa shape index (κ3) is 10.1. The zero-order chi connectivity index (χ0) is 21.6. The molecule has 4 nitrogen and oxygen atoms in total. The summed E-state index contributed by atoms with van der Waals surface area (Å²) in [5, 5.41) is 37.9. The van der Waals surface area contributed by atoms with E-state index in [2.05, 4.69) is 24.3 Å². The standard InChI is InChI=1S/C26H34O4/c27-23-15-21(16-24(28)19-23)13-11-9-7-5-3-1-2-4-6-8-10-12-14-22-17-25(29)20-26(30)18-22/h1,3-4,6,15-20,27-30H,2,5,7-14H2/b3-1-,6-4-. The van der Waals surface area contributed by atoms with Gasteiger partial charge in [0.2, 0.25) is 0 Å². The highest BCUT2D eigenvalue weighted by atomic mass is 16.3. The molecule has 30 heavy (non-hydrogen) atoms. The van der Waals surface area contributed by atoms with Crippen LogP contribution >= 0.6 is 0 Å². The van der Waals surface area contributed by atoms with Crippen molar-refractivity contribution in [3.05, 3.63) is 71.8 Å². The zero-order valence-corrected chi connectivity index (χ0v) is 17.6. The van der Waals surface area contributed by atoms with Crippen LogP contribution in [-0.4, -0.2) is 20.4 Å². The highest BCUT2D eigenvalue weighted by Gasteiger charge is 2.00. The number of aryl methyl sites for hydroxylation is 2. The molecule has 0 aliphatic rings. The molecule has 0 saturated heterocycles. The Morgan fingerprint density at radius 1 is 0.467 bits per heavy atom. The second-order valence-corrected chi connectivity index (χ2v) is 7.74. The van der Waals surface area contributed by atoms with Crippen molar-refractivity contribution in [2.45, 2.75) is 64.2 Å². The Morgan fingerprint density at radius 2 is 0.867 bits per heavy atom. The molecule has 0 heterocycles. The van der Waals surface area contributed by atoms with E-state index in [-0.39, 0.29) is 23.0 Å². The number of benzene rings is 2. The van der Waals surface area contributed by atoms with Gasteiger partial charge in [-0.25, -0.2) is 0 Å². The van der Waals surface area contributed by atoms with E-state index in [0.717, 1.165) is 75.3 Å². The average molecular weight is 411 g/mol. The van der Waals surface area contributed by atoms with Gasteiger partial charge in [-0.05, 0) is 93.2 Å². The number of rotatable bonds is 13. The fourth-order valence-electron chi connectivity index (χ4n) is 3.47. The van der Waals surface area contributed by atoms with Gasteiger partial charge in [0.25, 0.3) is 0 Å². The molecule has 2 aromatic carbocycles. The molecule has 0 fully saturated rings. The highest BCUT2D eigenvalue weighted by Crippen LogP contribution is 2.22. The van der Waals surface area contributed by atoms with E-state index in [1.807, 2.05) is 0 Å². The summed E-state index contributed by atoms with van der Waals surface area (Å²) >= 11 is 0. The lowest BCUT2D eigenvalue weighted by Crippen LogP contribution is -1.86. The number of phenols is 4. The predicted molar refractivity (Wildman–Crippen MR) is 122 cm³/mol. The maximum Gasteiger partial charge on any atom is 0.119 e. The molecule has 2 rings (SSSR count). The van der Waals surface area contributed by atoms with Gasteiger partial charge < -0.3 is 20.4 Å². The molecule has 0 unspecified atom stereocenters. The van der Waals surface area contributed by atoms with Crippen molar-refractivity contribution in [1.82, 2.24) is 0 Å². The van der Waals surface area contributed by atoms with Crippen LogP contribution in [0.1, 0.15) is 62.5 Å². The third-order valence-electron chi connectivity index (χ3n) is 4.95. The first kappa shape index (κ1) is 23.4. The molecular formula is C26H34O4. The minimum Gasteiger partial charge on any atom is -0.508 e. The third-order valence-corrected chi connectivity index (χ3v) is 4.95. The molecule has 0 aromatic heterocycles. The van der Waals surface area contributed by atoms with Gasteiger partial charge in [-0.15, -0.1) is 0 Å². The van der Waals surface area contributed by atoms with Gasteiger partial charge in [0.1, 0.15) is 23.0 Å². The van der Waals surface area contributed by atoms with Crippen LogP contribution in [0, 0.1) is 0 Å². The van der Waals surface area contributed by atoms with Gasteiger partial charge in [-0.1, -0.05) is 30.7 Å². The Kier molecular flexibility index (Phi) is 10.4. The van der Waals surface area contributed by atoms with Crippen molar-refractivity contribution in [1.29, 1.82) is 0 Å². The number of phenolic OH excluding ortho intramolecular Hbond substituents is 4. The number of hydrogen-bond acceptors (Lipinski definition) is 4.